The lowest BCUT2D eigenvalue weighted by molar-refractivity contribution is 0.0741. The van der Waals surface area contributed by atoms with Crippen LogP contribution in [0.3, 0.4) is 0 Å². The first-order valence-electron chi connectivity index (χ1n) is 7.73. The number of benzene rings is 1. The summed E-state index contributed by atoms with van der Waals surface area (Å²) in [7, 11) is 0. The van der Waals surface area contributed by atoms with Crippen LogP contribution in [0.15, 0.2) is 18.2 Å². The number of hydrogen-bond acceptors (Lipinski definition) is 3. The first-order valence-corrected chi connectivity index (χ1v) is 8.54. The molecule has 0 spiro atoms. The van der Waals surface area contributed by atoms with Crippen molar-refractivity contribution in [3.8, 4) is 0 Å². The number of aryl methyl sites for hydroxylation is 1. The quantitative estimate of drug-likeness (QED) is 0.933. The molecule has 2 fully saturated rings. The van der Waals surface area contributed by atoms with E-state index in [0.717, 1.165) is 40.3 Å². The van der Waals surface area contributed by atoms with Gasteiger partial charge in [-0.15, -0.1) is 11.3 Å². The minimum absolute atomic E-state index is 0.153. The number of hydrogen-bond donors (Lipinski definition) is 1. The maximum absolute atomic E-state index is 12.9. The van der Waals surface area contributed by atoms with E-state index in [2.05, 4.69) is 30.0 Å². The summed E-state index contributed by atoms with van der Waals surface area (Å²) in [5.41, 5.74) is 8.13. The lowest BCUT2D eigenvalue weighted by atomic mass is 10.1. The summed E-state index contributed by atoms with van der Waals surface area (Å²) < 4.78 is 1.11. The Labute approximate surface area is 128 Å². The zero-order valence-corrected chi connectivity index (χ0v) is 13.1. The van der Waals surface area contributed by atoms with Crippen molar-refractivity contribution < 1.29 is 4.79 Å². The van der Waals surface area contributed by atoms with E-state index in [1.54, 1.807) is 11.3 Å². The van der Waals surface area contributed by atoms with Gasteiger partial charge in [-0.05, 0) is 50.7 Å². The van der Waals surface area contributed by atoms with E-state index in [1.165, 1.54) is 18.4 Å². The molecule has 2 aliphatic rings. The van der Waals surface area contributed by atoms with Crippen LogP contribution in [0.25, 0.3) is 10.1 Å². The van der Waals surface area contributed by atoms with Gasteiger partial charge < -0.3 is 10.6 Å². The number of thiophene rings is 1. The van der Waals surface area contributed by atoms with Crippen molar-refractivity contribution in [3.63, 3.8) is 0 Å². The van der Waals surface area contributed by atoms with Crippen LogP contribution in [-0.4, -0.2) is 23.4 Å². The predicted molar refractivity (Wildman–Crippen MR) is 87.8 cm³/mol. The third-order valence-corrected chi connectivity index (χ3v) is 5.65. The highest BCUT2D eigenvalue weighted by Crippen LogP contribution is 2.39. The van der Waals surface area contributed by atoms with Gasteiger partial charge in [0.25, 0.3) is 5.91 Å². The van der Waals surface area contributed by atoms with Gasteiger partial charge in [0.2, 0.25) is 0 Å². The molecule has 0 atom stereocenters. The van der Waals surface area contributed by atoms with Crippen molar-refractivity contribution in [3.05, 3.63) is 28.6 Å². The second kappa shape index (κ2) is 4.73. The third kappa shape index (κ3) is 2.42. The summed E-state index contributed by atoms with van der Waals surface area (Å²) in [5, 5.41) is 1.03. The zero-order chi connectivity index (χ0) is 14.6. The molecule has 1 aromatic heterocycles. The van der Waals surface area contributed by atoms with Gasteiger partial charge in [-0.25, -0.2) is 0 Å². The van der Waals surface area contributed by atoms with E-state index in [0.29, 0.717) is 11.7 Å². The molecule has 0 unspecified atom stereocenters. The molecule has 1 heterocycles. The summed E-state index contributed by atoms with van der Waals surface area (Å²) in [6.45, 7) is 2.98. The van der Waals surface area contributed by atoms with Crippen LogP contribution in [0.1, 0.15) is 40.9 Å². The van der Waals surface area contributed by atoms with E-state index in [4.69, 9.17) is 5.73 Å². The molecule has 2 saturated carbocycles. The molecular weight excluding hydrogens is 280 g/mol. The Balaban J connectivity index is 1.70. The van der Waals surface area contributed by atoms with Crippen molar-refractivity contribution in [1.29, 1.82) is 0 Å². The molecule has 21 heavy (non-hydrogen) atoms. The van der Waals surface area contributed by atoms with Crippen LogP contribution in [0, 0.1) is 12.8 Å². The Morgan fingerprint density at radius 2 is 2.10 bits per heavy atom. The van der Waals surface area contributed by atoms with E-state index in [9.17, 15) is 4.79 Å². The summed E-state index contributed by atoms with van der Waals surface area (Å²) in [6, 6.07) is 6.70. The van der Waals surface area contributed by atoms with Crippen LogP contribution < -0.4 is 5.73 Å². The Hall–Kier alpha value is -1.55. The van der Waals surface area contributed by atoms with Crippen molar-refractivity contribution in [2.45, 2.75) is 38.6 Å². The minimum atomic E-state index is 0.153. The lowest BCUT2D eigenvalue weighted by Gasteiger charge is -2.21. The molecule has 0 bridgehead atoms. The number of carbonyl (C=O) groups excluding carboxylic acids is 1. The number of nitrogen functional groups attached to an aromatic ring is 1. The van der Waals surface area contributed by atoms with Gasteiger partial charge in [-0.3, -0.25) is 4.79 Å². The third-order valence-electron chi connectivity index (χ3n) is 4.48. The molecular formula is C17H20N2OS. The van der Waals surface area contributed by atoms with Crippen molar-refractivity contribution in [2.24, 2.45) is 5.92 Å². The number of fused-ring (bicyclic) bond motifs is 1. The fourth-order valence-corrected chi connectivity index (χ4v) is 3.94. The normalized spacial score (nSPS) is 18.1. The summed E-state index contributed by atoms with van der Waals surface area (Å²) in [6.07, 6.45) is 4.86. The van der Waals surface area contributed by atoms with Gasteiger partial charge in [-0.1, -0.05) is 11.6 Å². The van der Waals surface area contributed by atoms with Crippen molar-refractivity contribution in [2.75, 3.05) is 12.3 Å². The van der Waals surface area contributed by atoms with Gasteiger partial charge in [-0.2, -0.15) is 0 Å². The Bertz CT molecular complexity index is 713. The first kappa shape index (κ1) is 13.1. The van der Waals surface area contributed by atoms with Crippen LogP contribution in [0.5, 0.6) is 0 Å². The topological polar surface area (TPSA) is 46.3 Å². The number of nitrogens with zero attached hydrogens (tertiary/aromatic N) is 1. The molecule has 110 valence electrons. The monoisotopic (exact) mass is 300 g/mol. The largest absolute Gasteiger partial charge is 0.397 e. The fraction of sp³-hybridized carbons (Fsp3) is 0.471. The van der Waals surface area contributed by atoms with Gasteiger partial charge in [0.05, 0.1) is 5.69 Å². The molecule has 2 N–H and O–H groups in total. The Morgan fingerprint density at radius 1 is 1.33 bits per heavy atom. The zero-order valence-electron chi connectivity index (χ0n) is 12.3. The van der Waals surface area contributed by atoms with Crippen LogP contribution >= 0.6 is 11.3 Å². The number of nitrogens with two attached hydrogens (primary N) is 1. The summed E-state index contributed by atoms with van der Waals surface area (Å²) in [5.74, 6) is 0.883. The molecule has 4 rings (SSSR count). The van der Waals surface area contributed by atoms with Gasteiger partial charge in [0, 0.05) is 22.7 Å². The average Bonchev–Trinajstić information content (AvgIpc) is 3.35. The number of anilines is 1. The van der Waals surface area contributed by atoms with E-state index >= 15 is 0 Å². The van der Waals surface area contributed by atoms with Gasteiger partial charge >= 0.3 is 0 Å². The Kier molecular flexibility index (Phi) is 2.96. The predicted octanol–water partition coefficient (Wildman–Crippen LogP) is 3.81. The van der Waals surface area contributed by atoms with E-state index < -0.39 is 0 Å². The highest BCUT2D eigenvalue weighted by Gasteiger charge is 2.38. The highest BCUT2D eigenvalue weighted by molar-refractivity contribution is 7.21. The lowest BCUT2D eigenvalue weighted by Crippen LogP contribution is -2.34. The van der Waals surface area contributed by atoms with Gasteiger partial charge in [0.15, 0.2) is 0 Å². The fourth-order valence-electron chi connectivity index (χ4n) is 2.88. The van der Waals surface area contributed by atoms with Crippen LogP contribution in [-0.2, 0) is 0 Å². The van der Waals surface area contributed by atoms with Gasteiger partial charge in [0.1, 0.15) is 4.88 Å². The smallest absolute Gasteiger partial charge is 0.266 e. The van der Waals surface area contributed by atoms with Crippen LogP contribution in [0.2, 0.25) is 0 Å². The SMILES string of the molecule is Cc1ccc2sc(C(=O)N(CC3CC3)C3CC3)c(N)c2c1. The summed E-state index contributed by atoms with van der Waals surface area (Å²) >= 11 is 1.55. The number of amides is 1. The molecule has 0 radical (unpaired) electrons. The molecule has 3 nitrogen and oxygen atoms in total. The first-order chi connectivity index (χ1) is 10.1. The maximum atomic E-state index is 12.9. The van der Waals surface area contributed by atoms with Crippen molar-refractivity contribution in [1.82, 2.24) is 4.90 Å². The second-order valence-corrected chi connectivity index (χ2v) is 7.53. The molecule has 1 aromatic carbocycles. The van der Waals surface area contributed by atoms with E-state index in [1.807, 2.05) is 0 Å². The minimum Gasteiger partial charge on any atom is -0.397 e. The van der Waals surface area contributed by atoms with E-state index in [-0.39, 0.29) is 5.91 Å². The Morgan fingerprint density at radius 3 is 2.76 bits per heavy atom. The molecule has 4 heteroatoms. The average molecular weight is 300 g/mol. The number of carbonyl (C=O) groups is 1. The van der Waals surface area contributed by atoms with Crippen molar-refractivity contribution >= 4 is 33.0 Å². The molecule has 0 aliphatic heterocycles. The second-order valence-electron chi connectivity index (χ2n) is 6.48. The summed E-state index contributed by atoms with van der Waals surface area (Å²) in [4.78, 5) is 15.7. The molecule has 0 saturated heterocycles. The maximum Gasteiger partial charge on any atom is 0.266 e. The molecule has 1 amide bonds. The molecule has 2 aliphatic carbocycles. The number of rotatable bonds is 4. The standard InChI is InChI=1S/C17H20N2OS/c1-10-2-7-14-13(8-10)15(18)16(21-14)17(20)19(12-5-6-12)9-11-3-4-11/h2,7-8,11-12H,3-6,9,18H2,1H3. The molecule has 2 aromatic rings. The van der Waals surface area contributed by atoms with Crippen LogP contribution in [0.4, 0.5) is 5.69 Å². The highest BCUT2D eigenvalue weighted by atomic mass is 32.1.